The van der Waals surface area contributed by atoms with Crippen LogP contribution in [0, 0.1) is 12.7 Å². The molecule has 1 aromatic carbocycles. The van der Waals surface area contributed by atoms with Crippen molar-refractivity contribution in [3.05, 3.63) is 29.1 Å². The number of hydrogen-bond donors (Lipinski definition) is 1. The molecule has 0 saturated heterocycles. The van der Waals surface area contributed by atoms with Gasteiger partial charge < -0.3 is 10.0 Å². The number of nitrogens with zero attached hydrogens (tertiary/aromatic N) is 1. The van der Waals surface area contributed by atoms with Gasteiger partial charge in [-0.05, 0) is 31.5 Å². The number of halogens is 1. The molecule has 3 heteroatoms. The van der Waals surface area contributed by atoms with Crippen molar-refractivity contribution in [3.8, 4) is 0 Å². The predicted octanol–water partition coefficient (Wildman–Crippen LogP) is 2.25. The van der Waals surface area contributed by atoms with Crippen molar-refractivity contribution in [1.29, 1.82) is 0 Å². The maximum absolute atomic E-state index is 13.3. The quantitative estimate of drug-likeness (QED) is 0.786. The van der Waals surface area contributed by atoms with E-state index in [-0.39, 0.29) is 5.82 Å². The Bertz CT molecular complexity index is 301. The molecule has 0 heterocycles. The van der Waals surface area contributed by atoms with Crippen LogP contribution in [0.15, 0.2) is 12.1 Å². The first kappa shape index (κ1) is 11.0. The molecule has 1 N–H and O–H groups in total. The lowest BCUT2D eigenvalue weighted by molar-refractivity contribution is 0.199. The van der Waals surface area contributed by atoms with Crippen LogP contribution in [0.4, 0.5) is 10.1 Å². The van der Waals surface area contributed by atoms with Gasteiger partial charge in [0.05, 0.1) is 6.10 Å². The largest absolute Gasteiger partial charge is 0.389 e. The summed E-state index contributed by atoms with van der Waals surface area (Å²) in [5.74, 6) is -0.272. The van der Waals surface area contributed by atoms with Crippen molar-refractivity contribution >= 4 is 5.69 Å². The molecule has 2 nitrogen and oxygen atoms in total. The highest BCUT2D eigenvalue weighted by Gasteiger charge is 2.12. The Labute approximate surface area is 84.0 Å². The fourth-order valence-electron chi connectivity index (χ4n) is 1.40. The van der Waals surface area contributed by atoms with E-state index in [0.717, 1.165) is 5.69 Å². The number of aryl methyl sites for hydroxylation is 1. The molecule has 0 unspecified atom stereocenters. The average molecular weight is 197 g/mol. The maximum atomic E-state index is 13.3. The van der Waals surface area contributed by atoms with E-state index in [1.807, 2.05) is 19.0 Å². The van der Waals surface area contributed by atoms with E-state index in [4.69, 9.17) is 0 Å². The molecule has 0 aliphatic rings. The topological polar surface area (TPSA) is 23.5 Å². The Kier molecular flexibility index (Phi) is 3.11. The average Bonchev–Trinajstić information content (AvgIpc) is 2.08. The van der Waals surface area contributed by atoms with Crippen LogP contribution in [0.3, 0.4) is 0 Å². The van der Waals surface area contributed by atoms with E-state index in [1.54, 1.807) is 19.9 Å². The van der Waals surface area contributed by atoms with Crippen molar-refractivity contribution in [3.63, 3.8) is 0 Å². The van der Waals surface area contributed by atoms with Gasteiger partial charge in [-0.3, -0.25) is 0 Å². The van der Waals surface area contributed by atoms with Crippen molar-refractivity contribution in [2.75, 3.05) is 19.0 Å². The highest BCUT2D eigenvalue weighted by atomic mass is 19.1. The maximum Gasteiger partial charge on any atom is 0.126 e. The molecule has 0 radical (unpaired) electrons. The molecule has 1 atom stereocenters. The fraction of sp³-hybridized carbons (Fsp3) is 0.455. The van der Waals surface area contributed by atoms with Gasteiger partial charge in [-0.15, -0.1) is 0 Å². The van der Waals surface area contributed by atoms with Crippen molar-refractivity contribution < 1.29 is 9.50 Å². The van der Waals surface area contributed by atoms with Crippen LogP contribution in [-0.2, 0) is 0 Å². The second-order valence-electron chi connectivity index (χ2n) is 3.73. The number of rotatable bonds is 2. The third-order valence-corrected chi connectivity index (χ3v) is 2.24. The number of aliphatic hydroxyl groups excluding tert-OH is 1. The highest BCUT2D eigenvalue weighted by molar-refractivity contribution is 5.55. The van der Waals surface area contributed by atoms with Crippen LogP contribution in [0.25, 0.3) is 0 Å². The lowest BCUT2D eigenvalue weighted by atomic mass is 10.0. The van der Waals surface area contributed by atoms with E-state index in [2.05, 4.69) is 0 Å². The summed E-state index contributed by atoms with van der Waals surface area (Å²) < 4.78 is 13.3. The Morgan fingerprint density at radius 2 is 1.93 bits per heavy atom. The second-order valence-corrected chi connectivity index (χ2v) is 3.73. The number of anilines is 1. The molecule has 1 aromatic rings. The Morgan fingerprint density at radius 1 is 1.36 bits per heavy atom. The predicted molar refractivity (Wildman–Crippen MR) is 56.1 cm³/mol. The fourth-order valence-corrected chi connectivity index (χ4v) is 1.40. The Hall–Kier alpha value is -1.09. The number of benzene rings is 1. The van der Waals surface area contributed by atoms with Crippen LogP contribution in [0.2, 0.25) is 0 Å². The first-order chi connectivity index (χ1) is 6.43. The van der Waals surface area contributed by atoms with Crippen LogP contribution < -0.4 is 4.90 Å². The minimum atomic E-state index is -0.650. The van der Waals surface area contributed by atoms with Gasteiger partial charge in [-0.25, -0.2) is 4.39 Å². The van der Waals surface area contributed by atoms with Gasteiger partial charge in [-0.2, -0.15) is 0 Å². The zero-order valence-corrected chi connectivity index (χ0v) is 9.00. The van der Waals surface area contributed by atoms with Crippen LogP contribution >= 0.6 is 0 Å². The summed E-state index contributed by atoms with van der Waals surface area (Å²) in [5, 5.41) is 9.48. The summed E-state index contributed by atoms with van der Waals surface area (Å²) in [6.45, 7) is 3.35. The molecular formula is C11H16FNO. The Balaban J connectivity index is 3.31. The summed E-state index contributed by atoms with van der Waals surface area (Å²) in [5.41, 5.74) is 2.08. The lowest BCUT2D eigenvalue weighted by Gasteiger charge is -2.20. The Morgan fingerprint density at radius 3 is 2.36 bits per heavy atom. The second kappa shape index (κ2) is 3.96. The van der Waals surface area contributed by atoms with Gasteiger partial charge in [-0.1, -0.05) is 0 Å². The SMILES string of the molecule is Cc1cc(N(C)C)c([C@@H](C)O)cc1F. The van der Waals surface area contributed by atoms with Gasteiger partial charge in [0.15, 0.2) is 0 Å². The highest BCUT2D eigenvalue weighted by Crippen LogP contribution is 2.27. The van der Waals surface area contributed by atoms with Crippen LogP contribution in [0.1, 0.15) is 24.2 Å². The third kappa shape index (κ3) is 2.04. The van der Waals surface area contributed by atoms with E-state index in [1.165, 1.54) is 6.07 Å². The minimum Gasteiger partial charge on any atom is -0.389 e. The third-order valence-electron chi connectivity index (χ3n) is 2.24. The molecule has 0 aromatic heterocycles. The van der Waals surface area contributed by atoms with Gasteiger partial charge >= 0.3 is 0 Å². The summed E-state index contributed by atoms with van der Waals surface area (Å²) in [4.78, 5) is 1.87. The molecule has 1 rings (SSSR count). The monoisotopic (exact) mass is 197 g/mol. The normalized spacial score (nSPS) is 12.7. The summed E-state index contributed by atoms with van der Waals surface area (Å²) in [7, 11) is 3.75. The molecule has 0 bridgehead atoms. The molecule has 0 saturated carbocycles. The molecule has 0 aliphatic carbocycles. The summed E-state index contributed by atoms with van der Waals surface area (Å²) in [6.07, 6.45) is -0.650. The summed E-state index contributed by atoms with van der Waals surface area (Å²) in [6, 6.07) is 3.15. The van der Waals surface area contributed by atoms with Gasteiger partial charge in [0.25, 0.3) is 0 Å². The van der Waals surface area contributed by atoms with Crippen molar-refractivity contribution in [1.82, 2.24) is 0 Å². The zero-order valence-electron chi connectivity index (χ0n) is 9.00. The number of hydrogen-bond acceptors (Lipinski definition) is 2. The lowest BCUT2D eigenvalue weighted by Crippen LogP contribution is -2.13. The van der Waals surface area contributed by atoms with E-state index in [0.29, 0.717) is 11.1 Å². The standard InChI is InChI=1S/C11H16FNO/c1-7-5-11(13(3)4)9(8(2)14)6-10(7)12/h5-6,8,14H,1-4H3/t8-/m1/s1. The van der Waals surface area contributed by atoms with Gasteiger partial charge in [0.2, 0.25) is 0 Å². The molecular weight excluding hydrogens is 181 g/mol. The molecule has 14 heavy (non-hydrogen) atoms. The molecule has 0 spiro atoms. The minimum absolute atomic E-state index is 0.272. The molecule has 78 valence electrons. The van der Waals surface area contributed by atoms with Gasteiger partial charge in [0, 0.05) is 25.3 Å². The first-order valence-corrected chi connectivity index (χ1v) is 4.59. The summed E-state index contributed by atoms with van der Waals surface area (Å²) >= 11 is 0. The van der Waals surface area contributed by atoms with E-state index >= 15 is 0 Å². The smallest absolute Gasteiger partial charge is 0.126 e. The van der Waals surface area contributed by atoms with Crippen LogP contribution in [-0.4, -0.2) is 19.2 Å². The van der Waals surface area contributed by atoms with E-state index in [9.17, 15) is 9.50 Å². The van der Waals surface area contributed by atoms with Crippen molar-refractivity contribution in [2.45, 2.75) is 20.0 Å². The van der Waals surface area contributed by atoms with E-state index < -0.39 is 6.10 Å². The zero-order chi connectivity index (χ0) is 10.9. The molecule has 0 fully saturated rings. The molecule has 0 aliphatic heterocycles. The van der Waals surface area contributed by atoms with Crippen molar-refractivity contribution in [2.24, 2.45) is 0 Å². The van der Waals surface area contributed by atoms with Crippen LogP contribution in [0.5, 0.6) is 0 Å². The van der Waals surface area contributed by atoms with Gasteiger partial charge in [0.1, 0.15) is 5.82 Å². The first-order valence-electron chi connectivity index (χ1n) is 4.59. The molecule has 0 amide bonds. The number of aliphatic hydroxyl groups is 1.